The summed E-state index contributed by atoms with van der Waals surface area (Å²) in [5.74, 6) is 0.277. The van der Waals surface area contributed by atoms with Crippen LogP contribution in [0.2, 0.25) is 0 Å². The van der Waals surface area contributed by atoms with Crippen LogP contribution in [0.1, 0.15) is 63.5 Å². The van der Waals surface area contributed by atoms with Crippen molar-refractivity contribution in [2.75, 3.05) is 18.1 Å². The molecular formula is C20H31N3O5S2. The largest absolute Gasteiger partial charge is 0.333 e. The van der Waals surface area contributed by atoms with Gasteiger partial charge in [0.15, 0.2) is 0 Å². The van der Waals surface area contributed by atoms with E-state index in [0.717, 1.165) is 22.8 Å². The smallest absolute Gasteiger partial charge is 0.307 e. The SMILES string of the molecule is CC(C)c1cccc(C(C)C)c1NC(=O)NS(=O)(=O)/C=C/[C@@H]1CCCN1S(C)(=O)=O. The quantitative estimate of drug-likeness (QED) is 0.652. The number of rotatable bonds is 7. The number of sulfonamides is 2. The van der Waals surface area contributed by atoms with Gasteiger partial charge in [-0.3, -0.25) is 0 Å². The lowest BCUT2D eigenvalue weighted by molar-refractivity contribution is 0.256. The van der Waals surface area contributed by atoms with Gasteiger partial charge in [-0.05, 0) is 35.8 Å². The van der Waals surface area contributed by atoms with Gasteiger partial charge in [-0.1, -0.05) is 52.0 Å². The maximum atomic E-state index is 12.5. The third-order valence-corrected chi connectivity index (χ3v) is 7.29. The summed E-state index contributed by atoms with van der Waals surface area (Å²) >= 11 is 0. The minimum absolute atomic E-state index is 0.139. The van der Waals surface area contributed by atoms with Crippen molar-refractivity contribution in [2.45, 2.75) is 58.4 Å². The molecule has 0 saturated carbocycles. The molecule has 2 rings (SSSR count). The Labute approximate surface area is 179 Å². The molecule has 0 unspecified atom stereocenters. The zero-order chi connectivity index (χ0) is 22.7. The molecule has 168 valence electrons. The highest BCUT2D eigenvalue weighted by molar-refractivity contribution is 7.93. The first-order chi connectivity index (χ1) is 13.8. The number of para-hydroxylation sites is 1. The van der Waals surface area contributed by atoms with Gasteiger partial charge >= 0.3 is 6.03 Å². The van der Waals surface area contributed by atoms with E-state index < -0.39 is 32.1 Å². The number of benzene rings is 1. The van der Waals surface area contributed by atoms with Crippen molar-refractivity contribution in [2.24, 2.45) is 0 Å². The molecule has 0 radical (unpaired) electrons. The van der Waals surface area contributed by atoms with Crippen LogP contribution >= 0.6 is 0 Å². The first-order valence-corrected chi connectivity index (χ1v) is 13.3. The van der Waals surface area contributed by atoms with Crippen LogP contribution in [0.3, 0.4) is 0 Å². The Morgan fingerprint density at radius 1 is 1.10 bits per heavy atom. The number of nitrogens with zero attached hydrogens (tertiary/aromatic N) is 1. The second kappa shape index (κ2) is 9.49. The second-order valence-corrected chi connectivity index (χ2v) is 11.6. The molecule has 1 aromatic rings. The predicted molar refractivity (Wildman–Crippen MR) is 119 cm³/mol. The molecule has 0 spiro atoms. The maximum absolute atomic E-state index is 12.5. The summed E-state index contributed by atoms with van der Waals surface area (Å²) in [6.07, 6.45) is 3.59. The van der Waals surface area contributed by atoms with Crippen LogP contribution in [0, 0.1) is 0 Å². The second-order valence-electron chi connectivity index (χ2n) is 8.13. The summed E-state index contributed by atoms with van der Waals surface area (Å²) in [5.41, 5.74) is 2.44. The molecule has 8 nitrogen and oxygen atoms in total. The molecule has 1 heterocycles. The minimum atomic E-state index is -4.09. The minimum Gasteiger partial charge on any atom is -0.307 e. The molecule has 2 N–H and O–H groups in total. The molecule has 10 heteroatoms. The van der Waals surface area contributed by atoms with Crippen LogP contribution in [0.15, 0.2) is 29.7 Å². The number of nitrogens with one attached hydrogen (secondary N) is 2. The van der Waals surface area contributed by atoms with E-state index in [2.05, 4.69) is 5.32 Å². The molecule has 1 aliphatic heterocycles. The average molecular weight is 458 g/mol. The fraction of sp³-hybridized carbons (Fsp3) is 0.550. The van der Waals surface area contributed by atoms with Crippen molar-refractivity contribution < 1.29 is 21.6 Å². The van der Waals surface area contributed by atoms with Crippen LogP contribution in [-0.4, -0.2) is 46.0 Å². The van der Waals surface area contributed by atoms with Gasteiger partial charge in [0.05, 0.1) is 6.26 Å². The van der Waals surface area contributed by atoms with E-state index in [0.29, 0.717) is 25.1 Å². The van der Waals surface area contributed by atoms with Gasteiger partial charge in [0.2, 0.25) is 10.0 Å². The highest BCUT2D eigenvalue weighted by Gasteiger charge is 2.30. The number of amides is 2. The van der Waals surface area contributed by atoms with Crippen molar-refractivity contribution >= 4 is 31.8 Å². The van der Waals surface area contributed by atoms with Gasteiger partial charge in [-0.15, -0.1) is 0 Å². The van der Waals surface area contributed by atoms with Gasteiger partial charge < -0.3 is 5.32 Å². The predicted octanol–water partition coefficient (Wildman–Crippen LogP) is 3.32. The zero-order valence-corrected chi connectivity index (χ0v) is 19.7. The zero-order valence-electron chi connectivity index (χ0n) is 18.0. The van der Waals surface area contributed by atoms with Gasteiger partial charge in [0.25, 0.3) is 10.0 Å². The molecule has 1 aliphatic rings. The number of anilines is 1. The van der Waals surface area contributed by atoms with Crippen LogP contribution in [0.4, 0.5) is 10.5 Å². The number of hydrogen-bond donors (Lipinski definition) is 2. The maximum Gasteiger partial charge on any atom is 0.333 e. The van der Waals surface area contributed by atoms with E-state index in [1.165, 1.54) is 10.4 Å². The van der Waals surface area contributed by atoms with Crippen LogP contribution in [0.25, 0.3) is 0 Å². The normalized spacial score (nSPS) is 18.4. The third kappa shape index (κ3) is 6.29. The van der Waals surface area contributed by atoms with Gasteiger partial charge in [-0.2, -0.15) is 4.31 Å². The fourth-order valence-electron chi connectivity index (χ4n) is 3.56. The Hall–Kier alpha value is -1.91. The summed E-state index contributed by atoms with van der Waals surface area (Å²) in [7, 11) is -7.51. The Bertz CT molecular complexity index is 989. The highest BCUT2D eigenvalue weighted by atomic mass is 32.2. The fourth-order valence-corrected chi connectivity index (χ4v) is 5.46. The first kappa shape index (κ1) is 24.4. The first-order valence-electron chi connectivity index (χ1n) is 9.93. The molecule has 0 aromatic heterocycles. The van der Waals surface area contributed by atoms with E-state index >= 15 is 0 Å². The standard InChI is InChI=1S/C20H31N3O5S2/c1-14(2)17-9-6-10-18(15(3)4)19(17)21-20(24)22-30(27,28)13-11-16-8-7-12-23(16)29(5,25)26/h6,9-11,13-16H,7-8,12H2,1-5H3,(H2,21,22,24)/b13-11+/t16-/m0/s1. The van der Waals surface area contributed by atoms with Crippen LogP contribution in [0.5, 0.6) is 0 Å². The summed E-state index contributed by atoms with van der Waals surface area (Å²) < 4.78 is 51.5. The summed E-state index contributed by atoms with van der Waals surface area (Å²) in [5, 5.41) is 3.55. The van der Waals surface area contributed by atoms with Crippen molar-refractivity contribution in [1.29, 1.82) is 0 Å². The van der Waals surface area contributed by atoms with Crippen molar-refractivity contribution in [3.05, 3.63) is 40.8 Å². The highest BCUT2D eigenvalue weighted by Crippen LogP contribution is 2.32. The number of hydrogen-bond acceptors (Lipinski definition) is 5. The Kier molecular flexibility index (Phi) is 7.70. The van der Waals surface area contributed by atoms with Crippen LogP contribution < -0.4 is 10.0 Å². The topological polar surface area (TPSA) is 113 Å². The summed E-state index contributed by atoms with van der Waals surface area (Å²) in [6, 6.07) is 4.33. The van der Waals surface area contributed by atoms with E-state index in [-0.39, 0.29) is 11.8 Å². The Balaban J connectivity index is 2.16. The molecule has 0 aliphatic carbocycles. The molecule has 0 bridgehead atoms. The molecule has 1 aromatic carbocycles. The molecular weight excluding hydrogens is 426 g/mol. The average Bonchev–Trinajstić information content (AvgIpc) is 3.08. The molecule has 2 amide bonds. The van der Waals surface area contributed by atoms with E-state index in [4.69, 9.17) is 0 Å². The lowest BCUT2D eigenvalue weighted by Crippen LogP contribution is -2.35. The van der Waals surface area contributed by atoms with E-state index in [1.807, 2.05) is 50.6 Å². The van der Waals surface area contributed by atoms with Gasteiger partial charge in [0.1, 0.15) is 0 Å². The van der Waals surface area contributed by atoms with E-state index in [9.17, 15) is 21.6 Å². The number of urea groups is 1. The van der Waals surface area contributed by atoms with Gasteiger partial charge in [-0.25, -0.2) is 26.4 Å². The number of carbonyl (C=O) groups excluding carboxylic acids is 1. The number of carbonyl (C=O) groups is 1. The van der Waals surface area contributed by atoms with Crippen molar-refractivity contribution in [3.63, 3.8) is 0 Å². The lowest BCUT2D eigenvalue weighted by atomic mass is 9.93. The molecule has 1 saturated heterocycles. The van der Waals surface area contributed by atoms with Gasteiger partial charge in [0, 0.05) is 23.7 Å². The molecule has 1 fully saturated rings. The van der Waals surface area contributed by atoms with E-state index in [1.54, 1.807) is 0 Å². The third-order valence-electron chi connectivity index (χ3n) is 5.00. The molecule has 30 heavy (non-hydrogen) atoms. The van der Waals surface area contributed by atoms with Crippen molar-refractivity contribution in [1.82, 2.24) is 9.03 Å². The summed E-state index contributed by atoms with van der Waals surface area (Å²) in [4.78, 5) is 12.5. The van der Waals surface area contributed by atoms with Crippen LogP contribution in [-0.2, 0) is 20.0 Å². The Morgan fingerprint density at radius 2 is 1.67 bits per heavy atom. The molecule has 1 atom stereocenters. The summed E-state index contributed by atoms with van der Waals surface area (Å²) in [6.45, 7) is 8.34. The lowest BCUT2D eigenvalue weighted by Gasteiger charge is -2.20. The van der Waals surface area contributed by atoms with Crippen molar-refractivity contribution in [3.8, 4) is 0 Å². The Morgan fingerprint density at radius 3 is 2.17 bits per heavy atom. The monoisotopic (exact) mass is 457 g/mol.